The minimum atomic E-state index is -0.411. The number of halogens is 2. The Morgan fingerprint density at radius 2 is 1.50 bits per heavy atom. The zero-order valence-corrected chi connectivity index (χ0v) is 11.9. The van der Waals surface area contributed by atoms with Crippen LogP contribution in [0.2, 0.25) is 0 Å². The summed E-state index contributed by atoms with van der Waals surface area (Å²) < 4.78 is 25.7. The Morgan fingerprint density at radius 1 is 0.909 bits per heavy atom. The van der Waals surface area contributed by atoms with Gasteiger partial charge in [-0.25, -0.2) is 8.78 Å². The van der Waals surface area contributed by atoms with Crippen molar-refractivity contribution in [1.82, 2.24) is 10.2 Å². The average Bonchev–Trinajstić information content (AvgIpc) is 2.97. The lowest BCUT2D eigenvalue weighted by molar-refractivity contribution is 0.102. The fourth-order valence-corrected chi connectivity index (χ4v) is 2.50. The van der Waals surface area contributed by atoms with Crippen molar-refractivity contribution in [2.75, 3.05) is 5.32 Å². The van der Waals surface area contributed by atoms with Crippen LogP contribution in [0.15, 0.2) is 48.5 Å². The number of carbonyl (C=O) groups excluding carboxylic acids is 1. The number of carbonyl (C=O) groups is 1. The van der Waals surface area contributed by atoms with E-state index in [1.807, 2.05) is 0 Å². The number of amides is 1. The van der Waals surface area contributed by atoms with E-state index in [2.05, 4.69) is 15.5 Å². The molecular formula is C15H9F2N3OS. The molecule has 0 aliphatic heterocycles. The summed E-state index contributed by atoms with van der Waals surface area (Å²) in [7, 11) is 0. The molecule has 3 aromatic rings. The third-order valence-corrected chi connectivity index (χ3v) is 3.73. The molecule has 110 valence electrons. The van der Waals surface area contributed by atoms with Crippen molar-refractivity contribution in [3.05, 3.63) is 65.7 Å². The molecule has 0 unspecified atom stereocenters. The Hall–Kier alpha value is -2.67. The number of hydrogen-bond acceptors (Lipinski definition) is 4. The largest absolute Gasteiger partial charge is 0.296 e. The first-order chi connectivity index (χ1) is 10.6. The molecule has 1 aromatic heterocycles. The van der Waals surface area contributed by atoms with Crippen LogP contribution in [0.5, 0.6) is 0 Å². The van der Waals surface area contributed by atoms with Crippen LogP contribution in [0.3, 0.4) is 0 Å². The monoisotopic (exact) mass is 317 g/mol. The molecule has 22 heavy (non-hydrogen) atoms. The van der Waals surface area contributed by atoms with Gasteiger partial charge in [0, 0.05) is 11.1 Å². The highest BCUT2D eigenvalue weighted by Gasteiger charge is 2.11. The molecule has 0 aliphatic carbocycles. The van der Waals surface area contributed by atoms with Crippen LogP contribution < -0.4 is 5.32 Å². The van der Waals surface area contributed by atoms with Gasteiger partial charge in [-0.1, -0.05) is 11.3 Å². The first kappa shape index (κ1) is 14.3. The summed E-state index contributed by atoms with van der Waals surface area (Å²) in [6, 6.07) is 11.0. The molecule has 1 heterocycles. The standard InChI is InChI=1S/C15H9F2N3OS/c16-11-5-1-9(2-6-11)13(21)18-15-20-19-14(22-15)10-3-7-12(17)8-4-10/h1-8H,(H,18,20,21). The predicted octanol–water partition coefficient (Wildman–Crippen LogP) is 3.74. The highest BCUT2D eigenvalue weighted by molar-refractivity contribution is 7.18. The SMILES string of the molecule is O=C(Nc1nnc(-c2ccc(F)cc2)s1)c1ccc(F)cc1. The lowest BCUT2D eigenvalue weighted by Crippen LogP contribution is -2.11. The summed E-state index contributed by atoms with van der Waals surface area (Å²) in [6.45, 7) is 0. The Labute approximate surface area is 128 Å². The van der Waals surface area contributed by atoms with Crippen molar-refractivity contribution in [2.24, 2.45) is 0 Å². The minimum absolute atomic E-state index is 0.314. The van der Waals surface area contributed by atoms with Crippen LogP contribution >= 0.6 is 11.3 Å². The molecule has 2 aromatic carbocycles. The minimum Gasteiger partial charge on any atom is -0.296 e. The smallest absolute Gasteiger partial charge is 0.257 e. The maximum absolute atomic E-state index is 12.9. The van der Waals surface area contributed by atoms with Crippen LogP contribution in [0, 0.1) is 11.6 Å². The summed E-state index contributed by atoms with van der Waals surface area (Å²) in [5.41, 5.74) is 1.03. The van der Waals surface area contributed by atoms with Crippen molar-refractivity contribution >= 4 is 22.4 Å². The molecule has 0 saturated heterocycles. The average molecular weight is 317 g/mol. The molecule has 7 heteroatoms. The zero-order chi connectivity index (χ0) is 15.5. The second kappa shape index (κ2) is 5.98. The molecule has 1 amide bonds. The highest BCUT2D eigenvalue weighted by atomic mass is 32.1. The number of nitrogens with one attached hydrogen (secondary N) is 1. The van der Waals surface area contributed by atoms with Gasteiger partial charge < -0.3 is 0 Å². The van der Waals surface area contributed by atoms with Gasteiger partial charge in [-0.05, 0) is 48.5 Å². The van der Waals surface area contributed by atoms with Gasteiger partial charge in [0.15, 0.2) is 0 Å². The van der Waals surface area contributed by atoms with Crippen LogP contribution in [0.1, 0.15) is 10.4 Å². The first-order valence-electron chi connectivity index (χ1n) is 6.28. The van der Waals surface area contributed by atoms with Gasteiger partial charge in [0.25, 0.3) is 5.91 Å². The van der Waals surface area contributed by atoms with Gasteiger partial charge in [0.1, 0.15) is 16.6 Å². The number of aromatic nitrogens is 2. The normalized spacial score (nSPS) is 10.5. The molecule has 3 rings (SSSR count). The number of benzene rings is 2. The van der Waals surface area contributed by atoms with Crippen molar-refractivity contribution < 1.29 is 13.6 Å². The number of anilines is 1. The molecule has 0 saturated carbocycles. The summed E-state index contributed by atoms with van der Waals surface area (Å²) in [6.07, 6.45) is 0. The maximum atomic E-state index is 12.9. The first-order valence-corrected chi connectivity index (χ1v) is 7.10. The van der Waals surface area contributed by atoms with Crippen LogP contribution in [-0.2, 0) is 0 Å². The Morgan fingerprint density at radius 3 is 2.14 bits per heavy atom. The van der Waals surface area contributed by atoms with Crippen molar-refractivity contribution in [2.45, 2.75) is 0 Å². The predicted molar refractivity (Wildman–Crippen MR) is 79.7 cm³/mol. The van der Waals surface area contributed by atoms with Crippen molar-refractivity contribution in [3.63, 3.8) is 0 Å². The van der Waals surface area contributed by atoms with Gasteiger partial charge in [-0.15, -0.1) is 10.2 Å². The second-order valence-corrected chi connectivity index (χ2v) is 5.36. The van der Waals surface area contributed by atoms with Gasteiger partial charge >= 0.3 is 0 Å². The van der Waals surface area contributed by atoms with Gasteiger partial charge in [0.05, 0.1) is 0 Å². The summed E-state index contributed by atoms with van der Waals surface area (Å²) in [4.78, 5) is 12.0. The van der Waals surface area contributed by atoms with E-state index < -0.39 is 11.7 Å². The van der Waals surface area contributed by atoms with Crippen LogP contribution in [0.25, 0.3) is 10.6 Å². The molecule has 0 atom stereocenters. The number of rotatable bonds is 3. The molecule has 0 fully saturated rings. The molecular weight excluding hydrogens is 308 g/mol. The molecule has 4 nitrogen and oxygen atoms in total. The Kier molecular flexibility index (Phi) is 3.88. The fourth-order valence-electron chi connectivity index (χ4n) is 1.75. The zero-order valence-electron chi connectivity index (χ0n) is 11.1. The van der Waals surface area contributed by atoms with E-state index in [-0.39, 0.29) is 5.82 Å². The van der Waals surface area contributed by atoms with Crippen LogP contribution in [-0.4, -0.2) is 16.1 Å². The summed E-state index contributed by atoms with van der Waals surface area (Å²) in [5.74, 6) is -1.15. The van der Waals surface area contributed by atoms with Gasteiger partial charge in [0.2, 0.25) is 5.13 Å². The lowest BCUT2D eigenvalue weighted by Gasteiger charge is -2.00. The lowest BCUT2D eigenvalue weighted by atomic mass is 10.2. The quantitative estimate of drug-likeness (QED) is 0.800. The highest BCUT2D eigenvalue weighted by Crippen LogP contribution is 2.26. The van der Waals surface area contributed by atoms with Crippen LogP contribution in [0.4, 0.5) is 13.9 Å². The van der Waals surface area contributed by atoms with Crippen molar-refractivity contribution in [1.29, 1.82) is 0 Å². The topological polar surface area (TPSA) is 54.9 Å². The Balaban J connectivity index is 1.75. The molecule has 0 aliphatic rings. The summed E-state index contributed by atoms with van der Waals surface area (Å²) >= 11 is 1.17. The van der Waals surface area contributed by atoms with E-state index in [9.17, 15) is 13.6 Å². The third kappa shape index (κ3) is 3.15. The van der Waals surface area contributed by atoms with E-state index in [1.165, 1.54) is 47.7 Å². The summed E-state index contributed by atoms with van der Waals surface area (Å²) in [5, 5.41) is 11.3. The maximum Gasteiger partial charge on any atom is 0.257 e. The van der Waals surface area contributed by atoms with E-state index >= 15 is 0 Å². The third-order valence-electron chi connectivity index (χ3n) is 2.84. The fraction of sp³-hybridized carbons (Fsp3) is 0. The van der Waals surface area contributed by atoms with Gasteiger partial charge in [-0.2, -0.15) is 0 Å². The second-order valence-electron chi connectivity index (χ2n) is 4.38. The van der Waals surface area contributed by atoms with E-state index in [1.54, 1.807) is 12.1 Å². The number of hydrogen-bond donors (Lipinski definition) is 1. The molecule has 0 radical (unpaired) electrons. The van der Waals surface area contributed by atoms with Gasteiger partial charge in [-0.3, -0.25) is 10.1 Å². The Bertz CT molecular complexity index is 800. The molecule has 0 bridgehead atoms. The van der Waals surface area contributed by atoms with E-state index in [0.29, 0.717) is 21.3 Å². The molecule has 1 N–H and O–H groups in total. The number of nitrogens with zero attached hydrogens (tertiary/aromatic N) is 2. The van der Waals surface area contributed by atoms with Crippen molar-refractivity contribution in [3.8, 4) is 10.6 Å². The van der Waals surface area contributed by atoms with E-state index in [0.717, 1.165) is 0 Å². The van der Waals surface area contributed by atoms with E-state index in [4.69, 9.17) is 0 Å². The molecule has 0 spiro atoms.